The smallest absolute Gasteiger partial charge is 0.325 e. The fraction of sp³-hybridized carbons (Fsp3) is 0.600. The number of hydrogen-bond donors (Lipinski definition) is 0. The van der Waals surface area contributed by atoms with Crippen LogP contribution in [0.1, 0.15) is 13.8 Å². The molecular weight excluding hydrogens is 194 g/mol. The first-order valence-corrected chi connectivity index (χ1v) is 5.06. The zero-order valence-electron chi connectivity index (χ0n) is 9.43. The fourth-order valence-electron chi connectivity index (χ4n) is 1.35. The van der Waals surface area contributed by atoms with Crippen molar-refractivity contribution < 1.29 is 9.53 Å². The molecule has 0 atom stereocenters. The Kier molecular flexibility index (Phi) is 4.15. The van der Waals surface area contributed by atoms with Gasteiger partial charge in [0.05, 0.1) is 6.61 Å². The fourth-order valence-corrected chi connectivity index (χ4v) is 1.35. The van der Waals surface area contributed by atoms with Crippen LogP contribution in [0.3, 0.4) is 0 Å². The molecule has 1 heterocycles. The van der Waals surface area contributed by atoms with E-state index in [-0.39, 0.29) is 12.5 Å². The van der Waals surface area contributed by atoms with Crippen molar-refractivity contribution in [2.45, 2.75) is 13.8 Å². The predicted molar refractivity (Wildman–Crippen MR) is 57.7 cm³/mol. The third kappa shape index (κ3) is 2.97. The lowest BCUT2D eigenvalue weighted by Crippen LogP contribution is -2.32. The number of aromatic nitrogens is 2. The van der Waals surface area contributed by atoms with Crippen LogP contribution in [0.2, 0.25) is 0 Å². The lowest BCUT2D eigenvalue weighted by atomic mass is 10.5. The summed E-state index contributed by atoms with van der Waals surface area (Å²) in [6.07, 6.45) is 3.56. The van der Waals surface area contributed by atoms with E-state index >= 15 is 0 Å². The molecule has 0 aliphatic carbocycles. The van der Waals surface area contributed by atoms with Crippen LogP contribution in [0, 0.1) is 0 Å². The predicted octanol–water partition coefficient (Wildman–Crippen LogP) is 0.809. The summed E-state index contributed by atoms with van der Waals surface area (Å²) in [4.78, 5) is 17.4. The summed E-state index contributed by atoms with van der Waals surface area (Å²) in [6.45, 7) is 5.17. The van der Waals surface area contributed by atoms with Gasteiger partial charge in [-0.2, -0.15) is 0 Å². The first kappa shape index (κ1) is 11.6. The number of hydrogen-bond acceptors (Lipinski definition) is 4. The summed E-state index contributed by atoms with van der Waals surface area (Å²) in [5.74, 6) is 0.563. The van der Waals surface area contributed by atoms with Crippen molar-refractivity contribution in [2.75, 3.05) is 24.6 Å². The van der Waals surface area contributed by atoms with Crippen LogP contribution in [0.25, 0.3) is 0 Å². The largest absolute Gasteiger partial charge is 0.465 e. The van der Waals surface area contributed by atoms with E-state index in [1.807, 2.05) is 29.6 Å². The van der Waals surface area contributed by atoms with Crippen molar-refractivity contribution >= 4 is 11.9 Å². The molecule has 0 aliphatic heterocycles. The lowest BCUT2D eigenvalue weighted by molar-refractivity contribution is -0.141. The van der Waals surface area contributed by atoms with Gasteiger partial charge in [-0.05, 0) is 13.8 Å². The highest BCUT2D eigenvalue weighted by molar-refractivity contribution is 5.74. The van der Waals surface area contributed by atoms with E-state index in [2.05, 4.69) is 4.98 Å². The molecular formula is C10H17N3O2. The second-order valence-corrected chi connectivity index (χ2v) is 3.16. The highest BCUT2D eigenvalue weighted by Crippen LogP contribution is 2.08. The van der Waals surface area contributed by atoms with Crippen molar-refractivity contribution in [1.29, 1.82) is 0 Å². The third-order valence-corrected chi connectivity index (χ3v) is 2.09. The molecule has 84 valence electrons. The minimum absolute atomic E-state index is 0.220. The number of imidazole rings is 1. The molecule has 1 aromatic heterocycles. The molecule has 0 saturated carbocycles. The first-order chi connectivity index (χ1) is 7.19. The molecule has 0 amide bonds. The van der Waals surface area contributed by atoms with E-state index in [0.717, 1.165) is 12.5 Å². The molecule has 5 heteroatoms. The van der Waals surface area contributed by atoms with Gasteiger partial charge in [0.2, 0.25) is 5.95 Å². The Balaban J connectivity index is 2.64. The molecule has 1 aromatic rings. The van der Waals surface area contributed by atoms with Crippen LogP contribution in [0.4, 0.5) is 5.95 Å². The number of rotatable bonds is 5. The molecule has 0 spiro atoms. The van der Waals surface area contributed by atoms with Gasteiger partial charge in [0, 0.05) is 26.0 Å². The Labute approximate surface area is 89.7 Å². The van der Waals surface area contributed by atoms with Crippen molar-refractivity contribution in [1.82, 2.24) is 9.55 Å². The number of esters is 1. The summed E-state index contributed by atoms with van der Waals surface area (Å²) in [7, 11) is 1.90. The van der Waals surface area contributed by atoms with Crippen molar-refractivity contribution in [3.8, 4) is 0 Å². The van der Waals surface area contributed by atoms with Crippen LogP contribution >= 0.6 is 0 Å². The van der Waals surface area contributed by atoms with E-state index in [1.165, 1.54) is 0 Å². The van der Waals surface area contributed by atoms with E-state index in [0.29, 0.717) is 6.61 Å². The van der Waals surface area contributed by atoms with Gasteiger partial charge in [-0.1, -0.05) is 0 Å². The standard InChI is InChI=1S/C10H17N3O2/c1-4-13(8-9(14)15-5-2)10-11-6-7-12(10)3/h6-7H,4-5,8H2,1-3H3. The van der Waals surface area contributed by atoms with Gasteiger partial charge < -0.3 is 14.2 Å². The number of carbonyl (C=O) groups excluding carboxylic acids is 1. The summed E-state index contributed by atoms with van der Waals surface area (Å²) in [5, 5.41) is 0. The SMILES string of the molecule is CCOC(=O)CN(CC)c1nccn1C. The topological polar surface area (TPSA) is 47.4 Å². The average Bonchev–Trinajstić information content (AvgIpc) is 2.61. The van der Waals surface area contributed by atoms with Gasteiger partial charge in [-0.25, -0.2) is 4.98 Å². The van der Waals surface area contributed by atoms with E-state index in [1.54, 1.807) is 13.1 Å². The maximum Gasteiger partial charge on any atom is 0.325 e. The lowest BCUT2D eigenvalue weighted by Gasteiger charge is -2.20. The van der Waals surface area contributed by atoms with Gasteiger partial charge in [0.15, 0.2) is 0 Å². The molecule has 0 unspecified atom stereocenters. The number of likely N-dealkylation sites (N-methyl/N-ethyl adjacent to an activating group) is 1. The van der Waals surface area contributed by atoms with Gasteiger partial charge in [0.25, 0.3) is 0 Å². The maximum absolute atomic E-state index is 11.3. The molecule has 0 N–H and O–H groups in total. The monoisotopic (exact) mass is 211 g/mol. The molecule has 0 saturated heterocycles. The van der Waals surface area contributed by atoms with Crippen molar-refractivity contribution in [2.24, 2.45) is 7.05 Å². The van der Waals surface area contributed by atoms with Gasteiger partial charge in [-0.15, -0.1) is 0 Å². The van der Waals surface area contributed by atoms with Crippen molar-refractivity contribution in [3.63, 3.8) is 0 Å². The van der Waals surface area contributed by atoms with Crippen molar-refractivity contribution in [3.05, 3.63) is 12.4 Å². The molecule has 0 radical (unpaired) electrons. The second kappa shape index (κ2) is 5.38. The maximum atomic E-state index is 11.3. The molecule has 0 aromatic carbocycles. The average molecular weight is 211 g/mol. The number of nitrogens with zero attached hydrogens (tertiary/aromatic N) is 3. The Morgan fingerprint density at radius 2 is 2.33 bits per heavy atom. The molecule has 0 bridgehead atoms. The number of aryl methyl sites for hydroxylation is 1. The highest BCUT2D eigenvalue weighted by atomic mass is 16.5. The molecule has 1 rings (SSSR count). The summed E-state index contributed by atoms with van der Waals surface area (Å²) < 4.78 is 6.77. The quantitative estimate of drug-likeness (QED) is 0.676. The normalized spacial score (nSPS) is 10.1. The van der Waals surface area contributed by atoms with Gasteiger partial charge >= 0.3 is 5.97 Å². The summed E-state index contributed by atoms with van der Waals surface area (Å²) in [5.41, 5.74) is 0. The van der Waals surface area contributed by atoms with Gasteiger partial charge in [0.1, 0.15) is 6.54 Å². The number of carbonyl (C=O) groups is 1. The molecule has 15 heavy (non-hydrogen) atoms. The van der Waals surface area contributed by atoms with Crippen LogP contribution in [-0.2, 0) is 16.6 Å². The number of ether oxygens (including phenoxy) is 1. The van der Waals surface area contributed by atoms with Crippen LogP contribution in [0.15, 0.2) is 12.4 Å². The Bertz CT molecular complexity index is 322. The van der Waals surface area contributed by atoms with Gasteiger partial charge in [-0.3, -0.25) is 4.79 Å². The van der Waals surface area contributed by atoms with Crippen LogP contribution in [-0.4, -0.2) is 35.2 Å². The van der Waals surface area contributed by atoms with E-state index < -0.39 is 0 Å². The second-order valence-electron chi connectivity index (χ2n) is 3.16. The zero-order chi connectivity index (χ0) is 11.3. The third-order valence-electron chi connectivity index (χ3n) is 2.09. The summed E-state index contributed by atoms with van der Waals surface area (Å²) in [6, 6.07) is 0. The van der Waals surface area contributed by atoms with Crippen LogP contribution < -0.4 is 4.90 Å². The minimum atomic E-state index is -0.220. The Morgan fingerprint density at radius 3 is 2.80 bits per heavy atom. The minimum Gasteiger partial charge on any atom is -0.465 e. The van der Waals surface area contributed by atoms with Crippen LogP contribution in [0.5, 0.6) is 0 Å². The molecule has 5 nitrogen and oxygen atoms in total. The first-order valence-electron chi connectivity index (χ1n) is 5.06. The molecule has 0 aliphatic rings. The zero-order valence-corrected chi connectivity index (χ0v) is 9.43. The highest BCUT2D eigenvalue weighted by Gasteiger charge is 2.13. The van der Waals surface area contributed by atoms with E-state index in [9.17, 15) is 4.79 Å². The number of anilines is 1. The van der Waals surface area contributed by atoms with E-state index in [4.69, 9.17) is 4.74 Å². The molecule has 0 fully saturated rings. The Morgan fingerprint density at radius 1 is 1.60 bits per heavy atom. The summed E-state index contributed by atoms with van der Waals surface area (Å²) >= 11 is 0. The Hall–Kier alpha value is -1.52.